The molecule has 0 unspecified atom stereocenters. The molecule has 0 aliphatic carbocycles. The SMILES string of the molecule is COc1ccc(S(=O)(=O)Nc2ccccc2C(=O)Nc2cccc(OC)c2)cc1. The van der Waals surface area contributed by atoms with Crippen LogP contribution in [0, 0.1) is 0 Å². The second kappa shape index (κ2) is 8.66. The molecular formula is C21H20N2O5S. The molecule has 0 aliphatic heterocycles. The number of carbonyl (C=O) groups excluding carboxylic acids is 1. The minimum atomic E-state index is -3.88. The van der Waals surface area contributed by atoms with Crippen molar-refractivity contribution in [2.75, 3.05) is 24.3 Å². The molecule has 0 heterocycles. The Morgan fingerprint density at radius 1 is 0.828 bits per heavy atom. The van der Waals surface area contributed by atoms with Crippen LogP contribution in [0.3, 0.4) is 0 Å². The van der Waals surface area contributed by atoms with Crippen molar-refractivity contribution >= 4 is 27.3 Å². The van der Waals surface area contributed by atoms with Gasteiger partial charge in [0.2, 0.25) is 0 Å². The van der Waals surface area contributed by atoms with E-state index < -0.39 is 15.9 Å². The number of sulfonamides is 1. The summed E-state index contributed by atoms with van der Waals surface area (Å²) in [6.45, 7) is 0. The minimum Gasteiger partial charge on any atom is -0.497 e. The fourth-order valence-corrected chi connectivity index (χ4v) is 3.71. The highest BCUT2D eigenvalue weighted by Crippen LogP contribution is 2.23. The van der Waals surface area contributed by atoms with Crippen LogP contribution in [0.5, 0.6) is 11.5 Å². The monoisotopic (exact) mass is 412 g/mol. The van der Waals surface area contributed by atoms with Crippen molar-refractivity contribution in [2.24, 2.45) is 0 Å². The van der Waals surface area contributed by atoms with Gasteiger partial charge in [0.1, 0.15) is 11.5 Å². The number of amides is 1. The third kappa shape index (κ3) is 4.85. The first-order valence-corrected chi connectivity index (χ1v) is 10.1. The lowest BCUT2D eigenvalue weighted by Crippen LogP contribution is -2.18. The second-order valence-electron chi connectivity index (χ2n) is 6.01. The lowest BCUT2D eigenvalue weighted by atomic mass is 10.1. The van der Waals surface area contributed by atoms with Gasteiger partial charge >= 0.3 is 0 Å². The summed E-state index contributed by atoms with van der Waals surface area (Å²) < 4.78 is 38.1. The van der Waals surface area contributed by atoms with Gasteiger partial charge in [0.05, 0.1) is 30.4 Å². The van der Waals surface area contributed by atoms with Gasteiger partial charge in [0.25, 0.3) is 15.9 Å². The Hall–Kier alpha value is -3.52. The van der Waals surface area contributed by atoms with Crippen molar-refractivity contribution in [2.45, 2.75) is 4.90 Å². The van der Waals surface area contributed by atoms with E-state index in [1.165, 1.54) is 32.4 Å². The Balaban J connectivity index is 1.85. The Kier molecular flexibility index (Phi) is 6.04. The topological polar surface area (TPSA) is 93.7 Å². The van der Waals surface area contributed by atoms with Crippen molar-refractivity contribution < 1.29 is 22.7 Å². The molecular weight excluding hydrogens is 392 g/mol. The number of benzene rings is 3. The van der Waals surface area contributed by atoms with Crippen LogP contribution < -0.4 is 19.5 Å². The van der Waals surface area contributed by atoms with Gasteiger partial charge in [-0.2, -0.15) is 0 Å². The van der Waals surface area contributed by atoms with E-state index in [4.69, 9.17) is 9.47 Å². The van der Waals surface area contributed by atoms with Gasteiger partial charge < -0.3 is 14.8 Å². The van der Waals surface area contributed by atoms with Gasteiger partial charge in [-0.15, -0.1) is 0 Å². The number of para-hydroxylation sites is 1. The van der Waals surface area contributed by atoms with Crippen LogP contribution in [0.2, 0.25) is 0 Å². The van der Waals surface area contributed by atoms with Crippen LogP contribution in [0.25, 0.3) is 0 Å². The molecule has 3 rings (SSSR count). The molecule has 0 bridgehead atoms. The maximum atomic E-state index is 12.7. The number of hydrogen-bond donors (Lipinski definition) is 2. The normalized spacial score (nSPS) is 10.8. The average Bonchev–Trinajstić information content (AvgIpc) is 2.74. The maximum absolute atomic E-state index is 12.7. The molecule has 29 heavy (non-hydrogen) atoms. The molecule has 1 amide bonds. The van der Waals surface area contributed by atoms with Crippen molar-refractivity contribution in [1.29, 1.82) is 0 Å². The summed E-state index contributed by atoms with van der Waals surface area (Å²) in [6.07, 6.45) is 0. The standard InChI is InChI=1S/C21H20N2O5S/c1-27-16-10-12-18(13-11-16)29(25,26)23-20-9-4-3-8-19(20)21(24)22-15-6-5-7-17(14-15)28-2/h3-14,23H,1-2H3,(H,22,24). The third-order valence-electron chi connectivity index (χ3n) is 4.11. The summed E-state index contributed by atoms with van der Waals surface area (Å²) in [5.74, 6) is 0.685. The van der Waals surface area contributed by atoms with Crippen LogP contribution in [-0.4, -0.2) is 28.5 Å². The molecule has 0 aromatic heterocycles. The van der Waals surface area contributed by atoms with Crippen molar-refractivity contribution in [3.8, 4) is 11.5 Å². The summed E-state index contributed by atoms with van der Waals surface area (Å²) in [5, 5.41) is 2.74. The van der Waals surface area contributed by atoms with E-state index in [9.17, 15) is 13.2 Å². The molecule has 8 heteroatoms. The Bertz CT molecular complexity index is 1110. The van der Waals surface area contributed by atoms with E-state index >= 15 is 0 Å². The van der Waals surface area contributed by atoms with E-state index in [0.717, 1.165) is 0 Å². The second-order valence-corrected chi connectivity index (χ2v) is 7.70. The number of methoxy groups -OCH3 is 2. The first kappa shape index (κ1) is 20.2. The zero-order valence-electron chi connectivity index (χ0n) is 15.9. The smallest absolute Gasteiger partial charge is 0.261 e. The molecule has 3 aromatic carbocycles. The summed E-state index contributed by atoms with van der Waals surface area (Å²) >= 11 is 0. The van der Waals surface area contributed by atoms with Crippen LogP contribution in [0.15, 0.2) is 77.7 Å². The number of hydrogen-bond acceptors (Lipinski definition) is 5. The summed E-state index contributed by atoms with van der Waals surface area (Å²) in [5.41, 5.74) is 0.887. The highest BCUT2D eigenvalue weighted by atomic mass is 32.2. The zero-order chi connectivity index (χ0) is 20.9. The van der Waals surface area contributed by atoms with Crippen molar-refractivity contribution in [3.63, 3.8) is 0 Å². The molecule has 0 saturated carbocycles. The number of ether oxygens (including phenoxy) is 2. The molecule has 0 saturated heterocycles. The van der Waals surface area contributed by atoms with Crippen LogP contribution in [0.1, 0.15) is 10.4 Å². The minimum absolute atomic E-state index is 0.0568. The molecule has 7 nitrogen and oxygen atoms in total. The highest BCUT2D eigenvalue weighted by molar-refractivity contribution is 7.92. The Labute approximate surface area is 169 Å². The molecule has 0 atom stereocenters. The largest absolute Gasteiger partial charge is 0.497 e. The van der Waals surface area contributed by atoms with E-state index in [1.54, 1.807) is 54.6 Å². The van der Waals surface area contributed by atoms with Gasteiger partial charge in [0, 0.05) is 11.8 Å². The van der Waals surface area contributed by atoms with Crippen LogP contribution in [0.4, 0.5) is 11.4 Å². The van der Waals surface area contributed by atoms with Gasteiger partial charge in [-0.25, -0.2) is 8.42 Å². The Morgan fingerprint density at radius 3 is 2.21 bits per heavy atom. The van der Waals surface area contributed by atoms with Crippen LogP contribution in [-0.2, 0) is 10.0 Å². The first-order chi connectivity index (χ1) is 13.9. The third-order valence-corrected chi connectivity index (χ3v) is 5.49. The van der Waals surface area contributed by atoms with Crippen LogP contribution >= 0.6 is 0 Å². The summed E-state index contributed by atoms with van der Waals surface area (Å²) in [7, 11) is -0.853. The zero-order valence-corrected chi connectivity index (χ0v) is 16.7. The van der Waals surface area contributed by atoms with Gasteiger partial charge in [0.15, 0.2) is 0 Å². The van der Waals surface area contributed by atoms with E-state index in [0.29, 0.717) is 17.2 Å². The molecule has 3 aromatic rings. The molecule has 2 N–H and O–H groups in total. The first-order valence-electron chi connectivity index (χ1n) is 8.64. The number of nitrogens with one attached hydrogen (secondary N) is 2. The van der Waals surface area contributed by atoms with Gasteiger partial charge in [-0.05, 0) is 48.5 Å². The fourth-order valence-electron chi connectivity index (χ4n) is 2.63. The van der Waals surface area contributed by atoms with Crippen molar-refractivity contribution in [1.82, 2.24) is 0 Å². The molecule has 0 fully saturated rings. The molecule has 150 valence electrons. The Morgan fingerprint density at radius 2 is 1.52 bits per heavy atom. The quantitative estimate of drug-likeness (QED) is 0.616. The van der Waals surface area contributed by atoms with Crippen molar-refractivity contribution in [3.05, 3.63) is 78.4 Å². The maximum Gasteiger partial charge on any atom is 0.261 e. The van der Waals surface area contributed by atoms with E-state index in [-0.39, 0.29) is 16.1 Å². The van der Waals surface area contributed by atoms with E-state index in [2.05, 4.69) is 10.0 Å². The van der Waals surface area contributed by atoms with E-state index in [1.807, 2.05) is 0 Å². The lowest BCUT2D eigenvalue weighted by molar-refractivity contribution is 0.102. The average molecular weight is 412 g/mol. The number of carbonyl (C=O) groups is 1. The molecule has 0 radical (unpaired) electrons. The number of anilines is 2. The molecule has 0 spiro atoms. The number of rotatable bonds is 7. The summed E-state index contributed by atoms with van der Waals surface area (Å²) in [4.78, 5) is 12.8. The van der Waals surface area contributed by atoms with Gasteiger partial charge in [-0.1, -0.05) is 18.2 Å². The predicted octanol–water partition coefficient (Wildman–Crippen LogP) is 3.76. The summed E-state index contributed by atoms with van der Waals surface area (Å²) in [6, 6.07) is 19.2. The fraction of sp³-hybridized carbons (Fsp3) is 0.0952. The highest BCUT2D eigenvalue weighted by Gasteiger charge is 2.19. The lowest BCUT2D eigenvalue weighted by Gasteiger charge is -2.13. The molecule has 0 aliphatic rings. The van der Waals surface area contributed by atoms with Gasteiger partial charge in [-0.3, -0.25) is 9.52 Å². The predicted molar refractivity (Wildman–Crippen MR) is 111 cm³/mol.